The molecule has 1 aromatic heterocycles. The number of amides is 2. The summed E-state index contributed by atoms with van der Waals surface area (Å²) in [6.45, 7) is 1.84. The van der Waals surface area contributed by atoms with E-state index in [1.165, 1.54) is 11.8 Å². The van der Waals surface area contributed by atoms with Gasteiger partial charge in [-0.15, -0.1) is 10.2 Å². The van der Waals surface area contributed by atoms with E-state index in [-0.39, 0.29) is 23.6 Å². The third kappa shape index (κ3) is 5.75. The molecule has 30 heavy (non-hydrogen) atoms. The number of halogens is 2. The number of benzene rings is 2. The predicted octanol–water partition coefficient (Wildman–Crippen LogP) is 4.34. The van der Waals surface area contributed by atoms with Crippen LogP contribution < -0.4 is 10.6 Å². The van der Waals surface area contributed by atoms with Crippen molar-refractivity contribution in [3.63, 3.8) is 0 Å². The van der Waals surface area contributed by atoms with Gasteiger partial charge in [0, 0.05) is 28.3 Å². The molecule has 1 heterocycles. The van der Waals surface area contributed by atoms with E-state index < -0.39 is 0 Å². The monoisotopic (exact) mass is 463 g/mol. The smallest absolute Gasteiger partial charge is 0.251 e. The summed E-state index contributed by atoms with van der Waals surface area (Å²) in [7, 11) is 1.81. The van der Waals surface area contributed by atoms with Crippen LogP contribution in [0.4, 0.5) is 5.69 Å². The van der Waals surface area contributed by atoms with Crippen LogP contribution >= 0.6 is 35.0 Å². The zero-order chi connectivity index (χ0) is 21.7. The zero-order valence-electron chi connectivity index (χ0n) is 16.2. The number of nitrogens with one attached hydrogen (secondary N) is 2. The van der Waals surface area contributed by atoms with Crippen molar-refractivity contribution < 1.29 is 9.59 Å². The van der Waals surface area contributed by atoms with E-state index in [1.807, 2.05) is 6.92 Å². The molecule has 2 aromatic carbocycles. The maximum absolute atomic E-state index is 12.6. The molecule has 156 valence electrons. The van der Waals surface area contributed by atoms with Gasteiger partial charge in [0.25, 0.3) is 5.91 Å². The van der Waals surface area contributed by atoms with Crippen molar-refractivity contribution in [2.24, 2.45) is 7.05 Å². The Labute approximate surface area is 188 Å². The van der Waals surface area contributed by atoms with Crippen LogP contribution in [0.3, 0.4) is 0 Å². The second-order valence-electron chi connectivity index (χ2n) is 6.50. The van der Waals surface area contributed by atoms with Gasteiger partial charge >= 0.3 is 0 Å². The topological polar surface area (TPSA) is 88.9 Å². The van der Waals surface area contributed by atoms with E-state index in [2.05, 4.69) is 20.8 Å². The minimum absolute atomic E-state index is 0.176. The normalized spacial score (nSPS) is 11.7. The molecule has 0 saturated heterocycles. The minimum Gasteiger partial charge on any atom is -0.345 e. The third-order valence-corrected chi connectivity index (χ3v) is 5.78. The number of carbonyl (C=O) groups excluding carboxylic acids is 2. The van der Waals surface area contributed by atoms with Crippen LogP contribution in [0.25, 0.3) is 0 Å². The molecule has 0 fully saturated rings. The molecule has 7 nitrogen and oxygen atoms in total. The van der Waals surface area contributed by atoms with Gasteiger partial charge in [0.2, 0.25) is 5.91 Å². The van der Waals surface area contributed by atoms with Crippen LogP contribution in [0.2, 0.25) is 10.0 Å². The van der Waals surface area contributed by atoms with Gasteiger partial charge < -0.3 is 15.2 Å². The van der Waals surface area contributed by atoms with Crippen LogP contribution in [0.5, 0.6) is 0 Å². The van der Waals surface area contributed by atoms with Crippen LogP contribution in [-0.4, -0.2) is 32.3 Å². The molecule has 0 aliphatic carbocycles. The second-order valence-corrected chi connectivity index (χ2v) is 8.29. The number of rotatable bonds is 7. The van der Waals surface area contributed by atoms with Gasteiger partial charge in [-0.25, -0.2) is 0 Å². The molecule has 0 aliphatic rings. The predicted molar refractivity (Wildman–Crippen MR) is 119 cm³/mol. The summed E-state index contributed by atoms with van der Waals surface area (Å²) in [5.74, 6) is -0.311. The van der Waals surface area contributed by atoms with E-state index in [0.717, 1.165) is 5.56 Å². The van der Waals surface area contributed by atoms with Crippen LogP contribution in [-0.2, 0) is 11.8 Å². The van der Waals surface area contributed by atoms with Gasteiger partial charge in [0.05, 0.1) is 11.8 Å². The standard InChI is InChI=1S/C20H19Cl2N5O2S/c1-12(16-7-6-14(21)9-17(16)22)24-19(29)13-4-3-5-15(8-13)25-18(28)10-30-20-26-23-11-27(20)2/h3-9,11-12H,10H2,1-2H3,(H,24,29)(H,25,28). The number of nitrogens with zero attached hydrogens (tertiary/aromatic N) is 3. The fraction of sp³-hybridized carbons (Fsp3) is 0.200. The first-order valence-corrected chi connectivity index (χ1v) is 10.7. The maximum Gasteiger partial charge on any atom is 0.251 e. The van der Waals surface area contributed by atoms with Gasteiger partial charge in [-0.2, -0.15) is 0 Å². The fourth-order valence-corrected chi connectivity index (χ4v) is 3.94. The molecule has 0 aliphatic heterocycles. The van der Waals surface area contributed by atoms with E-state index in [1.54, 1.807) is 60.4 Å². The molecule has 10 heteroatoms. The summed E-state index contributed by atoms with van der Waals surface area (Å²) in [5.41, 5.74) is 1.72. The number of aromatic nitrogens is 3. The van der Waals surface area contributed by atoms with E-state index in [9.17, 15) is 9.59 Å². The SMILES string of the molecule is CC(NC(=O)c1cccc(NC(=O)CSc2nncn2C)c1)c1ccc(Cl)cc1Cl. The lowest BCUT2D eigenvalue weighted by Gasteiger charge is -2.16. The Hall–Kier alpha value is -2.55. The number of anilines is 1. The highest BCUT2D eigenvalue weighted by molar-refractivity contribution is 7.99. The molecule has 0 bridgehead atoms. The van der Waals surface area contributed by atoms with Gasteiger partial charge in [-0.3, -0.25) is 9.59 Å². The molecule has 3 rings (SSSR count). The summed E-state index contributed by atoms with van der Waals surface area (Å²) in [4.78, 5) is 24.9. The lowest BCUT2D eigenvalue weighted by molar-refractivity contribution is -0.113. The number of hydrogen-bond acceptors (Lipinski definition) is 5. The Bertz CT molecular complexity index is 1070. The summed E-state index contributed by atoms with van der Waals surface area (Å²) in [5, 5.41) is 15.0. The van der Waals surface area contributed by atoms with Gasteiger partial charge in [-0.1, -0.05) is 47.1 Å². The first kappa shape index (κ1) is 22.1. The quantitative estimate of drug-likeness (QED) is 0.508. The Morgan fingerprint density at radius 3 is 2.70 bits per heavy atom. The number of thioether (sulfide) groups is 1. The lowest BCUT2D eigenvalue weighted by atomic mass is 10.1. The van der Waals surface area contributed by atoms with Crippen LogP contribution in [0, 0.1) is 0 Å². The molecule has 2 amide bonds. The van der Waals surface area contributed by atoms with Crippen molar-refractivity contribution in [2.45, 2.75) is 18.1 Å². The highest BCUT2D eigenvalue weighted by Gasteiger charge is 2.15. The van der Waals surface area contributed by atoms with Crippen molar-refractivity contribution in [3.8, 4) is 0 Å². The summed E-state index contributed by atoms with van der Waals surface area (Å²) in [6, 6.07) is 11.5. The molecule has 1 atom stereocenters. The molecular formula is C20H19Cl2N5O2S. The first-order chi connectivity index (χ1) is 14.3. The largest absolute Gasteiger partial charge is 0.345 e. The Kier molecular flexibility index (Phi) is 7.36. The van der Waals surface area contributed by atoms with Crippen molar-refractivity contribution >= 4 is 52.5 Å². The second kappa shape index (κ2) is 9.97. The van der Waals surface area contributed by atoms with E-state index in [0.29, 0.717) is 26.5 Å². The fourth-order valence-electron chi connectivity index (χ4n) is 2.68. The molecular weight excluding hydrogens is 445 g/mol. The molecule has 0 radical (unpaired) electrons. The van der Waals surface area contributed by atoms with Gasteiger partial charge in [0.15, 0.2) is 5.16 Å². The molecule has 1 unspecified atom stereocenters. The van der Waals surface area contributed by atoms with Crippen LogP contribution in [0.15, 0.2) is 53.9 Å². The summed E-state index contributed by atoms with van der Waals surface area (Å²) < 4.78 is 1.73. The number of hydrogen-bond donors (Lipinski definition) is 2. The Balaban J connectivity index is 1.60. The molecule has 0 spiro atoms. The van der Waals surface area contributed by atoms with Crippen LogP contribution in [0.1, 0.15) is 28.9 Å². The number of carbonyl (C=O) groups is 2. The molecule has 2 N–H and O–H groups in total. The van der Waals surface area contributed by atoms with Crippen molar-refractivity contribution in [2.75, 3.05) is 11.1 Å². The Morgan fingerprint density at radius 1 is 1.20 bits per heavy atom. The van der Waals surface area contributed by atoms with Crippen molar-refractivity contribution in [3.05, 3.63) is 70.0 Å². The highest BCUT2D eigenvalue weighted by atomic mass is 35.5. The van der Waals surface area contributed by atoms with Crippen molar-refractivity contribution in [1.82, 2.24) is 20.1 Å². The molecule has 0 saturated carbocycles. The third-order valence-electron chi connectivity index (χ3n) is 4.19. The van der Waals surface area contributed by atoms with Crippen molar-refractivity contribution in [1.29, 1.82) is 0 Å². The van der Waals surface area contributed by atoms with Gasteiger partial charge in [-0.05, 0) is 42.8 Å². The summed E-state index contributed by atoms with van der Waals surface area (Å²) >= 11 is 13.4. The molecule has 3 aromatic rings. The van der Waals surface area contributed by atoms with E-state index in [4.69, 9.17) is 23.2 Å². The lowest BCUT2D eigenvalue weighted by Crippen LogP contribution is -2.27. The highest BCUT2D eigenvalue weighted by Crippen LogP contribution is 2.26. The Morgan fingerprint density at radius 2 is 2.00 bits per heavy atom. The van der Waals surface area contributed by atoms with Gasteiger partial charge in [0.1, 0.15) is 6.33 Å². The zero-order valence-corrected chi connectivity index (χ0v) is 18.6. The average molecular weight is 464 g/mol. The maximum atomic E-state index is 12.6. The minimum atomic E-state index is -0.316. The number of aryl methyl sites for hydroxylation is 1. The average Bonchev–Trinajstić information content (AvgIpc) is 3.11. The van der Waals surface area contributed by atoms with E-state index >= 15 is 0 Å². The first-order valence-electron chi connectivity index (χ1n) is 8.96. The summed E-state index contributed by atoms with van der Waals surface area (Å²) in [6.07, 6.45) is 1.57.